The second kappa shape index (κ2) is 10.4. The normalized spacial score (nSPS) is 21.6. The van der Waals surface area contributed by atoms with Crippen molar-refractivity contribution in [3.05, 3.63) is 0 Å². The van der Waals surface area contributed by atoms with Gasteiger partial charge in [0.2, 0.25) is 0 Å². The Morgan fingerprint density at radius 3 is 2.68 bits per heavy atom. The van der Waals surface area contributed by atoms with Crippen molar-refractivity contribution >= 4 is 17.8 Å². The number of hydrogen-bond acceptors (Lipinski definition) is 6. The monoisotopic (exact) mass is 355 g/mol. The molecule has 0 spiro atoms. The molecule has 2 fully saturated rings. The van der Waals surface area contributed by atoms with Crippen LogP contribution in [0.2, 0.25) is 0 Å². The van der Waals surface area contributed by atoms with Crippen LogP contribution in [0.15, 0.2) is 0 Å². The number of ether oxygens (including phenoxy) is 2. The molecule has 2 heterocycles. The Balaban J connectivity index is 1.68. The fraction of sp³-hybridized carbons (Fsp3) is 0.824. The van der Waals surface area contributed by atoms with Crippen LogP contribution in [-0.2, 0) is 23.9 Å². The maximum absolute atomic E-state index is 12.3. The van der Waals surface area contributed by atoms with Gasteiger partial charge in [-0.05, 0) is 32.7 Å². The van der Waals surface area contributed by atoms with E-state index < -0.39 is 11.8 Å². The number of nitrogens with one attached hydrogen (secondary N) is 1. The van der Waals surface area contributed by atoms with Crippen molar-refractivity contribution in [2.45, 2.75) is 26.2 Å². The summed E-state index contributed by atoms with van der Waals surface area (Å²) in [6, 6.07) is 0. The molecule has 0 aromatic heterocycles. The predicted molar refractivity (Wildman–Crippen MR) is 90.8 cm³/mol. The van der Waals surface area contributed by atoms with Crippen molar-refractivity contribution in [2.75, 3.05) is 59.1 Å². The molecule has 0 aromatic carbocycles. The zero-order chi connectivity index (χ0) is 18.1. The summed E-state index contributed by atoms with van der Waals surface area (Å²) in [7, 11) is 0. The van der Waals surface area contributed by atoms with Crippen LogP contribution >= 0.6 is 0 Å². The van der Waals surface area contributed by atoms with Gasteiger partial charge in [-0.3, -0.25) is 19.3 Å². The highest BCUT2D eigenvalue weighted by Gasteiger charge is 2.31. The summed E-state index contributed by atoms with van der Waals surface area (Å²) in [6.07, 6.45) is 2.20. The van der Waals surface area contributed by atoms with E-state index in [9.17, 15) is 14.4 Å². The lowest BCUT2D eigenvalue weighted by atomic mass is 9.98. The minimum absolute atomic E-state index is 0.263. The van der Waals surface area contributed by atoms with Gasteiger partial charge >= 0.3 is 17.8 Å². The molecule has 1 N–H and O–H groups in total. The standard InChI is InChI=1S/C17H29N3O5/c1-2-25-17(23)14-5-3-8-20(13-14)16(22)15(21)18-6-4-7-19-9-11-24-12-10-19/h14H,2-13H2,1H3,(H,18,21). The minimum atomic E-state index is -0.591. The maximum atomic E-state index is 12.3. The highest BCUT2D eigenvalue weighted by atomic mass is 16.5. The Morgan fingerprint density at radius 2 is 1.96 bits per heavy atom. The van der Waals surface area contributed by atoms with Crippen LogP contribution in [-0.4, -0.2) is 86.7 Å². The van der Waals surface area contributed by atoms with E-state index in [2.05, 4.69) is 10.2 Å². The van der Waals surface area contributed by atoms with Crippen molar-refractivity contribution in [3.8, 4) is 0 Å². The molecule has 25 heavy (non-hydrogen) atoms. The summed E-state index contributed by atoms with van der Waals surface area (Å²) in [5, 5.41) is 2.68. The number of nitrogens with zero attached hydrogens (tertiary/aromatic N) is 2. The lowest BCUT2D eigenvalue weighted by Crippen LogP contribution is -2.49. The Kier molecular flexibility index (Phi) is 8.14. The van der Waals surface area contributed by atoms with Crippen LogP contribution < -0.4 is 5.32 Å². The molecule has 1 atom stereocenters. The third-order valence-corrected chi connectivity index (χ3v) is 4.56. The van der Waals surface area contributed by atoms with E-state index in [1.165, 1.54) is 4.90 Å². The van der Waals surface area contributed by atoms with Crippen LogP contribution in [0.1, 0.15) is 26.2 Å². The first-order valence-corrected chi connectivity index (χ1v) is 9.15. The van der Waals surface area contributed by atoms with Gasteiger partial charge in [-0.25, -0.2) is 0 Å². The van der Waals surface area contributed by atoms with Crippen LogP contribution in [0.25, 0.3) is 0 Å². The quantitative estimate of drug-likeness (QED) is 0.397. The molecule has 0 radical (unpaired) electrons. The summed E-state index contributed by atoms with van der Waals surface area (Å²) in [5.41, 5.74) is 0. The molecule has 0 aromatic rings. The Bertz CT molecular complexity index is 465. The van der Waals surface area contributed by atoms with Crippen LogP contribution in [0.3, 0.4) is 0 Å². The minimum Gasteiger partial charge on any atom is -0.466 e. The molecule has 2 amide bonds. The van der Waals surface area contributed by atoms with Gasteiger partial charge in [0.25, 0.3) is 0 Å². The number of rotatable bonds is 6. The van der Waals surface area contributed by atoms with E-state index in [4.69, 9.17) is 9.47 Å². The molecule has 142 valence electrons. The molecule has 2 saturated heterocycles. The number of morpholine rings is 1. The smallest absolute Gasteiger partial charge is 0.311 e. The number of carbonyl (C=O) groups excluding carboxylic acids is 3. The van der Waals surface area contributed by atoms with Crippen LogP contribution in [0.5, 0.6) is 0 Å². The molecule has 0 saturated carbocycles. The van der Waals surface area contributed by atoms with Gasteiger partial charge in [0.1, 0.15) is 0 Å². The van der Waals surface area contributed by atoms with Gasteiger partial charge in [0.05, 0.1) is 25.7 Å². The molecular formula is C17H29N3O5. The van der Waals surface area contributed by atoms with Gasteiger partial charge in [0.15, 0.2) is 0 Å². The first-order chi connectivity index (χ1) is 12.1. The van der Waals surface area contributed by atoms with Gasteiger partial charge < -0.3 is 19.7 Å². The number of hydrogen-bond donors (Lipinski definition) is 1. The lowest BCUT2D eigenvalue weighted by Gasteiger charge is -2.31. The fourth-order valence-corrected chi connectivity index (χ4v) is 3.16. The predicted octanol–water partition coefficient (Wildman–Crippen LogP) is -0.373. The molecule has 0 bridgehead atoms. The molecule has 8 heteroatoms. The van der Waals surface area contributed by atoms with E-state index in [1.807, 2.05) is 0 Å². The van der Waals surface area contributed by atoms with Crippen molar-refractivity contribution in [1.82, 2.24) is 15.1 Å². The van der Waals surface area contributed by atoms with Crippen molar-refractivity contribution < 1.29 is 23.9 Å². The Hall–Kier alpha value is -1.67. The van der Waals surface area contributed by atoms with E-state index in [1.54, 1.807) is 6.92 Å². The van der Waals surface area contributed by atoms with Gasteiger partial charge in [0, 0.05) is 32.7 Å². The summed E-state index contributed by atoms with van der Waals surface area (Å²) >= 11 is 0. The van der Waals surface area contributed by atoms with E-state index in [0.29, 0.717) is 32.5 Å². The number of carbonyl (C=O) groups is 3. The zero-order valence-corrected chi connectivity index (χ0v) is 15.0. The van der Waals surface area contributed by atoms with Crippen molar-refractivity contribution in [2.24, 2.45) is 5.92 Å². The number of esters is 1. The molecule has 2 aliphatic heterocycles. The fourth-order valence-electron chi connectivity index (χ4n) is 3.16. The Morgan fingerprint density at radius 1 is 1.20 bits per heavy atom. The average molecular weight is 355 g/mol. The summed E-state index contributed by atoms with van der Waals surface area (Å²) < 4.78 is 10.3. The van der Waals surface area contributed by atoms with Crippen LogP contribution in [0, 0.1) is 5.92 Å². The van der Waals surface area contributed by atoms with Crippen LogP contribution in [0.4, 0.5) is 0 Å². The summed E-state index contributed by atoms with van der Waals surface area (Å²) in [5.74, 6) is -1.76. The third kappa shape index (κ3) is 6.28. The second-order valence-corrected chi connectivity index (χ2v) is 6.41. The highest BCUT2D eigenvalue weighted by molar-refractivity contribution is 6.35. The van der Waals surface area contributed by atoms with Gasteiger partial charge in [-0.15, -0.1) is 0 Å². The van der Waals surface area contributed by atoms with E-state index >= 15 is 0 Å². The SMILES string of the molecule is CCOC(=O)C1CCCN(C(=O)C(=O)NCCCN2CCOCC2)C1. The summed E-state index contributed by atoms with van der Waals surface area (Å²) in [4.78, 5) is 39.9. The van der Waals surface area contributed by atoms with Gasteiger partial charge in [-0.2, -0.15) is 0 Å². The van der Waals surface area contributed by atoms with E-state index in [0.717, 1.165) is 39.3 Å². The van der Waals surface area contributed by atoms with Crippen molar-refractivity contribution in [1.29, 1.82) is 0 Å². The highest BCUT2D eigenvalue weighted by Crippen LogP contribution is 2.18. The number of piperidine rings is 1. The van der Waals surface area contributed by atoms with Gasteiger partial charge in [-0.1, -0.05) is 0 Å². The molecule has 0 aliphatic carbocycles. The third-order valence-electron chi connectivity index (χ3n) is 4.56. The van der Waals surface area contributed by atoms with Crippen molar-refractivity contribution in [3.63, 3.8) is 0 Å². The Labute approximate surface area is 148 Å². The molecule has 2 aliphatic rings. The first-order valence-electron chi connectivity index (χ1n) is 9.15. The molecular weight excluding hydrogens is 326 g/mol. The largest absolute Gasteiger partial charge is 0.466 e. The molecule has 1 unspecified atom stereocenters. The molecule has 2 rings (SSSR count). The molecule has 8 nitrogen and oxygen atoms in total. The summed E-state index contributed by atoms with van der Waals surface area (Å²) in [6.45, 7) is 7.54. The topological polar surface area (TPSA) is 88.2 Å². The number of likely N-dealkylation sites (tertiary alicyclic amines) is 1. The first kappa shape index (κ1) is 19.7. The zero-order valence-electron chi connectivity index (χ0n) is 15.0. The second-order valence-electron chi connectivity index (χ2n) is 6.41. The van der Waals surface area contributed by atoms with E-state index in [-0.39, 0.29) is 18.4 Å². The average Bonchev–Trinajstić information content (AvgIpc) is 2.65. The lowest BCUT2D eigenvalue weighted by molar-refractivity contribution is -0.154. The maximum Gasteiger partial charge on any atom is 0.311 e. The number of amides is 2.